The summed E-state index contributed by atoms with van der Waals surface area (Å²) in [6.45, 7) is 6.55. The van der Waals surface area contributed by atoms with Crippen molar-refractivity contribution in [3.8, 4) is 0 Å². The van der Waals surface area contributed by atoms with Crippen LogP contribution in [-0.4, -0.2) is 41.9 Å². The molecule has 0 radical (unpaired) electrons. The summed E-state index contributed by atoms with van der Waals surface area (Å²) in [5.74, 6) is 0.409. The number of amides is 2. The van der Waals surface area contributed by atoms with Crippen LogP contribution in [0, 0.1) is 5.92 Å². The minimum absolute atomic E-state index is 0.0254. The van der Waals surface area contributed by atoms with E-state index < -0.39 is 6.04 Å². The third-order valence-electron chi connectivity index (χ3n) is 3.32. The maximum Gasteiger partial charge on any atom is 0.245 e. The number of carbonyl (C=O) groups excluding carboxylic acids is 2. The summed E-state index contributed by atoms with van der Waals surface area (Å²) in [6, 6.07) is -0.350. The maximum atomic E-state index is 12.2. The summed E-state index contributed by atoms with van der Waals surface area (Å²) in [5.41, 5.74) is 5.71. The molecule has 3 N–H and O–H groups in total. The van der Waals surface area contributed by atoms with Gasteiger partial charge in [0, 0.05) is 26.1 Å². The fraction of sp³-hybridized carbons (Fsp3) is 0.833. The van der Waals surface area contributed by atoms with Gasteiger partial charge in [-0.2, -0.15) is 0 Å². The molecule has 0 bridgehead atoms. The van der Waals surface area contributed by atoms with E-state index in [1.54, 1.807) is 6.92 Å². The Kier molecular flexibility index (Phi) is 4.93. The van der Waals surface area contributed by atoms with E-state index in [0.29, 0.717) is 12.5 Å². The molecule has 0 aromatic carbocycles. The van der Waals surface area contributed by atoms with E-state index in [2.05, 4.69) is 12.2 Å². The lowest BCUT2D eigenvalue weighted by Gasteiger charge is -2.39. The van der Waals surface area contributed by atoms with Crippen LogP contribution in [0.25, 0.3) is 0 Å². The van der Waals surface area contributed by atoms with Crippen molar-refractivity contribution in [3.05, 3.63) is 0 Å². The second-order valence-electron chi connectivity index (χ2n) is 4.97. The summed E-state index contributed by atoms with van der Waals surface area (Å²) >= 11 is 0. The monoisotopic (exact) mass is 241 g/mol. The predicted molar refractivity (Wildman–Crippen MR) is 66.2 cm³/mol. The van der Waals surface area contributed by atoms with E-state index >= 15 is 0 Å². The fourth-order valence-electron chi connectivity index (χ4n) is 2.38. The van der Waals surface area contributed by atoms with Crippen molar-refractivity contribution in [2.24, 2.45) is 11.7 Å². The number of hydrogen-bond acceptors (Lipinski definition) is 3. The van der Waals surface area contributed by atoms with Crippen LogP contribution in [0.4, 0.5) is 0 Å². The molecule has 0 aliphatic carbocycles. The molecule has 17 heavy (non-hydrogen) atoms. The van der Waals surface area contributed by atoms with E-state index in [-0.39, 0.29) is 17.9 Å². The van der Waals surface area contributed by atoms with Crippen molar-refractivity contribution < 1.29 is 9.59 Å². The van der Waals surface area contributed by atoms with E-state index in [1.807, 2.05) is 4.90 Å². The molecule has 0 saturated carbocycles. The van der Waals surface area contributed by atoms with Crippen LogP contribution >= 0.6 is 0 Å². The molecule has 98 valence electrons. The van der Waals surface area contributed by atoms with Gasteiger partial charge in [-0.15, -0.1) is 0 Å². The number of likely N-dealkylation sites (tertiary alicyclic amines) is 1. The Morgan fingerprint density at radius 2 is 2.18 bits per heavy atom. The molecule has 1 saturated heterocycles. The van der Waals surface area contributed by atoms with Gasteiger partial charge < -0.3 is 16.0 Å². The molecule has 1 heterocycles. The molecule has 0 aromatic rings. The molecule has 1 aliphatic rings. The summed E-state index contributed by atoms with van der Waals surface area (Å²) in [4.78, 5) is 24.9. The molecule has 3 unspecified atom stereocenters. The summed E-state index contributed by atoms with van der Waals surface area (Å²) in [6.07, 6.45) is 1.96. The zero-order chi connectivity index (χ0) is 13.0. The fourth-order valence-corrected chi connectivity index (χ4v) is 2.38. The number of nitrogens with zero attached hydrogens (tertiary/aromatic N) is 1. The van der Waals surface area contributed by atoms with Gasteiger partial charge in [-0.05, 0) is 25.7 Å². The summed E-state index contributed by atoms with van der Waals surface area (Å²) < 4.78 is 0. The second kappa shape index (κ2) is 6.00. The first kappa shape index (κ1) is 14.0. The largest absolute Gasteiger partial charge is 0.345 e. The normalized spacial score (nSPS) is 26.5. The van der Waals surface area contributed by atoms with Crippen LogP contribution in [0.1, 0.15) is 33.6 Å². The zero-order valence-electron chi connectivity index (χ0n) is 10.9. The molecular formula is C12H23N3O2. The molecule has 1 fully saturated rings. The van der Waals surface area contributed by atoms with Gasteiger partial charge >= 0.3 is 0 Å². The highest BCUT2D eigenvalue weighted by Gasteiger charge is 2.31. The Morgan fingerprint density at radius 3 is 2.71 bits per heavy atom. The van der Waals surface area contributed by atoms with Crippen molar-refractivity contribution in [2.45, 2.75) is 45.7 Å². The quantitative estimate of drug-likeness (QED) is 0.735. The lowest BCUT2D eigenvalue weighted by molar-refractivity contribution is -0.139. The number of carbonyl (C=O) groups is 2. The summed E-state index contributed by atoms with van der Waals surface area (Å²) in [5, 5.41) is 2.62. The number of nitrogens with one attached hydrogen (secondary N) is 1. The van der Waals surface area contributed by atoms with Gasteiger partial charge in [0.25, 0.3) is 0 Å². The Labute approximate surface area is 103 Å². The van der Waals surface area contributed by atoms with Crippen LogP contribution in [0.15, 0.2) is 0 Å². The Hall–Kier alpha value is -1.10. The van der Waals surface area contributed by atoms with Gasteiger partial charge in [-0.3, -0.25) is 9.59 Å². The van der Waals surface area contributed by atoms with Crippen LogP contribution in [0.2, 0.25) is 0 Å². The molecule has 3 atom stereocenters. The van der Waals surface area contributed by atoms with E-state index in [0.717, 1.165) is 19.4 Å². The molecule has 0 spiro atoms. The average molecular weight is 241 g/mol. The molecular weight excluding hydrogens is 218 g/mol. The highest BCUT2D eigenvalue weighted by atomic mass is 16.2. The van der Waals surface area contributed by atoms with Gasteiger partial charge in [0.05, 0.1) is 0 Å². The minimum atomic E-state index is -0.463. The van der Waals surface area contributed by atoms with Gasteiger partial charge in [0.1, 0.15) is 6.04 Å². The molecule has 1 aliphatic heterocycles. The van der Waals surface area contributed by atoms with Gasteiger partial charge in [0.15, 0.2) is 0 Å². The third-order valence-corrected chi connectivity index (χ3v) is 3.32. The maximum absolute atomic E-state index is 12.2. The Morgan fingerprint density at radius 1 is 1.53 bits per heavy atom. The van der Waals surface area contributed by atoms with Crippen molar-refractivity contribution in [1.29, 1.82) is 0 Å². The first-order chi connectivity index (χ1) is 7.95. The van der Waals surface area contributed by atoms with Gasteiger partial charge in [0.2, 0.25) is 11.8 Å². The highest BCUT2D eigenvalue weighted by Crippen LogP contribution is 2.22. The third kappa shape index (κ3) is 3.70. The van der Waals surface area contributed by atoms with Crippen LogP contribution in [0.5, 0.6) is 0 Å². The highest BCUT2D eigenvalue weighted by molar-refractivity contribution is 5.86. The number of piperidine rings is 1. The zero-order valence-corrected chi connectivity index (χ0v) is 10.9. The van der Waals surface area contributed by atoms with Crippen molar-refractivity contribution in [3.63, 3.8) is 0 Å². The smallest absolute Gasteiger partial charge is 0.245 e. The molecule has 0 aromatic heterocycles. The molecule has 5 heteroatoms. The van der Waals surface area contributed by atoms with Crippen LogP contribution in [0.3, 0.4) is 0 Å². The van der Waals surface area contributed by atoms with E-state index in [9.17, 15) is 9.59 Å². The van der Waals surface area contributed by atoms with Crippen molar-refractivity contribution in [1.82, 2.24) is 10.2 Å². The standard InChI is InChI=1S/C12H23N3O2/c1-8-4-5-15(11(6-8)7-13)12(17)9(2)14-10(3)16/h8-9,11H,4-7,13H2,1-3H3,(H,14,16). The lowest BCUT2D eigenvalue weighted by Crippen LogP contribution is -2.55. The van der Waals surface area contributed by atoms with Crippen LogP contribution in [-0.2, 0) is 9.59 Å². The SMILES string of the molecule is CC(=O)NC(C)C(=O)N1CCC(C)CC1CN. The number of nitrogens with two attached hydrogens (primary N) is 1. The minimum Gasteiger partial charge on any atom is -0.345 e. The first-order valence-corrected chi connectivity index (χ1v) is 6.23. The molecule has 2 amide bonds. The molecule has 5 nitrogen and oxygen atoms in total. The Balaban J connectivity index is 2.63. The van der Waals surface area contributed by atoms with E-state index in [4.69, 9.17) is 5.73 Å². The topological polar surface area (TPSA) is 75.4 Å². The number of rotatable bonds is 3. The molecule has 1 rings (SSSR count). The van der Waals surface area contributed by atoms with Gasteiger partial charge in [-0.25, -0.2) is 0 Å². The average Bonchev–Trinajstić information content (AvgIpc) is 2.27. The Bertz CT molecular complexity index is 293. The van der Waals surface area contributed by atoms with Gasteiger partial charge in [-0.1, -0.05) is 6.92 Å². The van der Waals surface area contributed by atoms with Crippen LogP contribution < -0.4 is 11.1 Å². The summed E-state index contributed by atoms with van der Waals surface area (Å²) in [7, 11) is 0. The number of hydrogen-bond donors (Lipinski definition) is 2. The predicted octanol–water partition coefficient (Wildman–Crippen LogP) is 0.0968. The van der Waals surface area contributed by atoms with Crippen molar-refractivity contribution >= 4 is 11.8 Å². The second-order valence-corrected chi connectivity index (χ2v) is 4.97. The first-order valence-electron chi connectivity index (χ1n) is 6.23. The van der Waals surface area contributed by atoms with Crippen molar-refractivity contribution in [2.75, 3.05) is 13.1 Å². The lowest BCUT2D eigenvalue weighted by atomic mass is 9.92. The van der Waals surface area contributed by atoms with E-state index in [1.165, 1.54) is 6.92 Å².